The molecule has 0 radical (unpaired) electrons. The third-order valence-electron chi connectivity index (χ3n) is 4.10. The van der Waals surface area contributed by atoms with Gasteiger partial charge in [-0.25, -0.2) is 4.98 Å². The number of aromatic nitrogens is 1. The molecule has 1 amide bonds. The number of amides is 1. The minimum Gasteiger partial charge on any atom is -0.307 e. The van der Waals surface area contributed by atoms with Gasteiger partial charge in [0.2, 0.25) is 0 Å². The van der Waals surface area contributed by atoms with Gasteiger partial charge in [-0.3, -0.25) is 4.79 Å². The molecule has 7 heteroatoms. The van der Waals surface area contributed by atoms with E-state index >= 15 is 0 Å². The van der Waals surface area contributed by atoms with Gasteiger partial charge < -0.3 is 4.90 Å². The van der Waals surface area contributed by atoms with Crippen molar-refractivity contribution in [1.82, 2.24) is 4.98 Å². The number of benzene rings is 1. The third kappa shape index (κ3) is 3.66. The van der Waals surface area contributed by atoms with Crippen molar-refractivity contribution in [3.63, 3.8) is 0 Å². The smallest absolute Gasteiger partial charge is 0.307 e. The van der Waals surface area contributed by atoms with Crippen LogP contribution >= 0.6 is 11.8 Å². The zero-order valence-electron chi connectivity index (χ0n) is 13.8. The standard InChI is InChI=1S/C18H17F3N2OS/c1-11-9-10-23(14-5-3-4-6-15(14)25-11)17(24)13-7-8-16(18(19,20)21)22-12(13)2/h3-8,11H,9-10H2,1-2H3. The van der Waals surface area contributed by atoms with Crippen LogP contribution in [0.5, 0.6) is 0 Å². The second-order valence-corrected chi connectivity index (χ2v) is 7.45. The summed E-state index contributed by atoms with van der Waals surface area (Å²) in [5.41, 5.74) is 0.0905. The van der Waals surface area contributed by atoms with Crippen LogP contribution in [0.4, 0.5) is 18.9 Å². The molecule has 0 spiro atoms. The lowest BCUT2D eigenvalue weighted by molar-refractivity contribution is -0.141. The molecule has 3 rings (SSSR count). The number of carbonyl (C=O) groups is 1. The number of nitrogens with zero attached hydrogens (tertiary/aromatic N) is 2. The van der Waals surface area contributed by atoms with Gasteiger partial charge in [-0.15, -0.1) is 11.8 Å². The summed E-state index contributed by atoms with van der Waals surface area (Å²) in [6, 6.07) is 9.68. The lowest BCUT2D eigenvalue weighted by Crippen LogP contribution is -2.33. The highest BCUT2D eigenvalue weighted by Crippen LogP contribution is 2.38. The summed E-state index contributed by atoms with van der Waals surface area (Å²) in [5, 5.41) is 0.353. The van der Waals surface area contributed by atoms with Crippen LogP contribution in [-0.2, 0) is 6.18 Å². The van der Waals surface area contributed by atoms with E-state index in [9.17, 15) is 18.0 Å². The Hall–Kier alpha value is -2.02. The van der Waals surface area contributed by atoms with E-state index in [1.54, 1.807) is 16.7 Å². The van der Waals surface area contributed by atoms with Gasteiger partial charge in [0.05, 0.1) is 16.9 Å². The van der Waals surface area contributed by atoms with Gasteiger partial charge in [0.25, 0.3) is 5.91 Å². The summed E-state index contributed by atoms with van der Waals surface area (Å²) in [5.74, 6) is -0.319. The summed E-state index contributed by atoms with van der Waals surface area (Å²) in [6.07, 6.45) is -3.72. The van der Waals surface area contributed by atoms with Crippen LogP contribution < -0.4 is 4.90 Å². The number of rotatable bonds is 1. The Morgan fingerprint density at radius 2 is 1.96 bits per heavy atom. The fourth-order valence-corrected chi connectivity index (χ4v) is 3.90. The second kappa shape index (κ2) is 6.71. The quantitative estimate of drug-likeness (QED) is 0.717. The molecule has 1 aliphatic heterocycles. The first-order chi connectivity index (χ1) is 11.8. The molecule has 2 heterocycles. The highest BCUT2D eigenvalue weighted by molar-refractivity contribution is 8.00. The van der Waals surface area contributed by atoms with Crippen LogP contribution in [0.2, 0.25) is 0 Å². The summed E-state index contributed by atoms with van der Waals surface area (Å²) in [7, 11) is 0. The molecule has 2 aromatic rings. The van der Waals surface area contributed by atoms with E-state index in [0.717, 1.165) is 23.1 Å². The molecule has 0 bridgehead atoms. The first-order valence-electron chi connectivity index (χ1n) is 7.90. The van der Waals surface area contributed by atoms with Crippen molar-refractivity contribution in [1.29, 1.82) is 0 Å². The number of thioether (sulfide) groups is 1. The Labute approximate surface area is 148 Å². The molecule has 25 heavy (non-hydrogen) atoms. The van der Waals surface area contributed by atoms with Crippen molar-refractivity contribution in [3.8, 4) is 0 Å². The maximum absolute atomic E-state index is 13.0. The maximum Gasteiger partial charge on any atom is 0.433 e. The summed E-state index contributed by atoms with van der Waals surface area (Å²) in [6.45, 7) is 4.05. The predicted octanol–water partition coefficient (Wildman–Crippen LogP) is 4.94. The van der Waals surface area contributed by atoms with Crippen molar-refractivity contribution in [2.75, 3.05) is 11.4 Å². The van der Waals surface area contributed by atoms with Crippen LogP contribution in [0, 0.1) is 6.92 Å². The van der Waals surface area contributed by atoms with Crippen LogP contribution in [0.3, 0.4) is 0 Å². The van der Waals surface area contributed by atoms with Crippen molar-refractivity contribution in [2.24, 2.45) is 0 Å². The van der Waals surface area contributed by atoms with Crippen molar-refractivity contribution >= 4 is 23.4 Å². The summed E-state index contributed by atoms with van der Waals surface area (Å²) < 4.78 is 38.4. The average Bonchev–Trinajstić information content (AvgIpc) is 2.71. The molecule has 1 aromatic heterocycles. The fraction of sp³-hybridized carbons (Fsp3) is 0.333. The van der Waals surface area contributed by atoms with E-state index in [4.69, 9.17) is 0 Å². The number of alkyl halides is 3. The molecule has 0 saturated heterocycles. The van der Waals surface area contributed by atoms with Gasteiger partial charge >= 0.3 is 6.18 Å². The van der Waals surface area contributed by atoms with Crippen LogP contribution in [0.15, 0.2) is 41.3 Å². The number of anilines is 1. The number of pyridine rings is 1. The Morgan fingerprint density at radius 3 is 2.64 bits per heavy atom. The monoisotopic (exact) mass is 366 g/mol. The Balaban J connectivity index is 1.98. The lowest BCUT2D eigenvalue weighted by Gasteiger charge is -2.23. The number of carbonyl (C=O) groups excluding carboxylic acids is 1. The number of halogens is 3. The van der Waals surface area contributed by atoms with Crippen molar-refractivity contribution in [2.45, 2.75) is 36.6 Å². The second-order valence-electron chi connectivity index (χ2n) is 5.97. The van der Waals surface area contributed by atoms with Crippen molar-refractivity contribution in [3.05, 3.63) is 53.3 Å². The first kappa shape index (κ1) is 17.8. The number of fused-ring (bicyclic) bond motifs is 1. The Morgan fingerprint density at radius 1 is 1.24 bits per heavy atom. The van der Waals surface area contributed by atoms with Crippen LogP contribution in [-0.4, -0.2) is 22.7 Å². The van der Waals surface area contributed by atoms with E-state index in [2.05, 4.69) is 11.9 Å². The van der Waals surface area contributed by atoms with Gasteiger partial charge in [0, 0.05) is 16.7 Å². The minimum absolute atomic E-state index is 0.0854. The van der Waals surface area contributed by atoms with E-state index in [1.807, 2.05) is 24.3 Å². The molecule has 132 valence electrons. The predicted molar refractivity (Wildman–Crippen MR) is 92.0 cm³/mol. The topological polar surface area (TPSA) is 33.2 Å². The molecule has 0 aliphatic carbocycles. The zero-order chi connectivity index (χ0) is 18.2. The van der Waals surface area contributed by atoms with Crippen LogP contribution in [0.1, 0.15) is 35.1 Å². The minimum atomic E-state index is -4.52. The molecule has 1 aromatic carbocycles. The van der Waals surface area contributed by atoms with Gasteiger partial charge in [-0.1, -0.05) is 19.1 Å². The Kier molecular flexibility index (Phi) is 4.77. The van der Waals surface area contributed by atoms with E-state index in [-0.39, 0.29) is 17.2 Å². The number of aryl methyl sites for hydroxylation is 1. The molecular weight excluding hydrogens is 349 g/mol. The van der Waals surface area contributed by atoms with Crippen LogP contribution in [0.25, 0.3) is 0 Å². The van der Waals surface area contributed by atoms with Gasteiger partial charge in [0.15, 0.2) is 0 Å². The van der Waals surface area contributed by atoms with Gasteiger partial charge in [-0.2, -0.15) is 13.2 Å². The van der Waals surface area contributed by atoms with Gasteiger partial charge in [-0.05, 0) is 37.6 Å². The highest BCUT2D eigenvalue weighted by Gasteiger charge is 2.34. The average molecular weight is 366 g/mol. The largest absolute Gasteiger partial charge is 0.433 e. The van der Waals surface area contributed by atoms with E-state index in [1.165, 1.54) is 13.0 Å². The first-order valence-corrected chi connectivity index (χ1v) is 8.77. The Bertz CT molecular complexity index is 807. The molecular formula is C18H17F3N2OS. The van der Waals surface area contributed by atoms with E-state index < -0.39 is 11.9 Å². The SMILES string of the molecule is Cc1nc(C(F)(F)F)ccc1C(=O)N1CCC(C)Sc2ccccc21. The molecule has 0 N–H and O–H groups in total. The normalized spacial score (nSPS) is 17.8. The lowest BCUT2D eigenvalue weighted by atomic mass is 10.1. The molecule has 1 atom stereocenters. The summed E-state index contributed by atoms with van der Waals surface area (Å²) >= 11 is 1.70. The fourth-order valence-electron chi connectivity index (χ4n) is 2.79. The molecule has 3 nitrogen and oxygen atoms in total. The molecule has 1 unspecified atom stereocenters. The molecule has 0 saturated carbocycles. The number of para-hydroxylation sites is 1. The summed E-state index contributed by atoms with van der Waals surface area (Å²) in [4.78, 5) is 19.2. The highest BCUT2D eigenvalue weighted by atomic mass is 32.2. The molecule has 0 fully saturated rings. The molecule has 1 aliphatic rings. The number of hydrogen-bond acceptors (Lipinski definition) is 3. The third-order valence-corrected chi connectivity index (χ3v) is 5.33. The van der Waals surface area contributed by atoms with E-state index in [0.29, 0.717) is 11.8 Å². The zero-order valence-corrected chi connectivity index (χ0v) is 14.6. The number of hydrogen-bond donors (Lipinski definition) is 0. The van der Waals surface area contributed by atoms with Gasteiger partial charge in [0.1, 0.15) is 5.69 Å². The van der Waals surface area contributed by atoms with Crippen molar-refractivity contribution < 1.29 is 18.0 Å². The maximum atomic E-state index is 13.0.